The molecule has 0 N–H and O–H groups in total. The molecule has 6 rings (SSSR count). The number of nitro benzene ring substituents is 1. The zero-order valence-electron chi connectivity index (χ0n) is 23.2. The second-order valence-electron chi connectivity index (χ2n) is 10.0. The molecule has 43 heavy (non-hydrogen) atoms. The van der Waals surface area contributed by atoms with Gasteiger partial charge in [-0.1, -0.05) is 53.8 Å². The van der Waals surface area contributed by atoms with E-state index in [2.05, 4.69) is 4.99 Å². The van der Waals surface area contributed by atoms with Crippen molar-refractivity contribution in [2.45, 2.75) is 26.4 Å². The van der Waals surface area contributed by atoms with Crippen molar-refractivity contribution >= 4 is 40.0 Å². The molecule has 0 fully saturated rings. The third-order valence-corrected chi connectivity index (χ3v) is 8.29. The van der Waals surface area contributed by atoms with Crippen LogP contribution in [0, 0.1) is 15.9 Å². The van der Waals surface area contributed by atoms with Crippen LogP contribution < -0.4 is 14.9 Å². The van der Waals surface area contributed by atoms with E-state index in [4.69, 9.17) is 4.74 Å². The number of nitro groups is 1. The molecular weight excluding hydrogens is 571 g/mol. The number of hydrogen-bond acceptors (Lipinski definition) is 7. The number of para-hydroxylation sites is 1. The summed E-state index contributed by atoms with van der Waals surface area (Å²) in [7, 11) is 0. The Morgan fingerprint density at radius 2 is 1.84 bits per heavy atom. The predicted molar refractivity (Wildman–Crippen MR) is 161 cm³/mol. The van der Waals surface area contributed by atoms with E-state index in [1.165, 1.54) is 40.2 Å². The molecule has 0 saturated carbocycles. The van der Waals surface area contributed by atoms with Gasteiger partial charge < -0.3 is 9.30 Å². The van der Waals surface area contributed by atoms with Gasteiger partial charge in [-0.15, -0.1) is 0 Å². The Morgan fingerprint density at radius 3 is 2.53 bits per heavy atom. The lowest BCUT2D eigenvalue weighted by molar-refractivity contribution is -0.384. The van der Waals surface area contributed by atoms with Gasteiger partial charge in [-0.3, -0.25) is 19.5 Å². The van der Waals surface area contributed by atoms with Crippen LogP contribution >= 0.6 is 11.3 Å². The fourth-order valence-electron chi connectivity index (χ4n) is 5.33. The molecule has 0 radical (unpaired) electrons. The third-order valence-electron chi connectivity index (χ3n) is 7.31. The van der Waals surface area contributed by atoms with Crippen molar-refractivity contribution in [3.63, 3.8) is 0 Å². The van der Waals surface area contributed by atoms with Gasteiger partial charge in [0.25, 0.3) is 11.2 Å². The fourth-order valence-corrected chi connectivity index (χ4v) is 6.37. The number of thiazole rings is 1. The molecule has 0 saturated heterocycles. The van der Waals surface area contributed by atoms with Crippen molar-refractivity contribution < 1.29 is 18.8 Å². The number of hydrogen-bond donors (Lipinski definition) is 0. The molecule has 9 nitrogen and oxygen atoms in total. The lowest BCUT2D eigenvalue weighted by atomic mass is 9.96. The molecule has 3 heterocycles. The summed E-state index contributed by atoms with van der Waals surface area (Å²) < 4.78 is 23.1. The number of non-ortho nitro benzene ring substituents is 1. The molecule has 2 aromatic heterocycles. The maximum atomic E-state index is 14.0. The highest BCUT2D eigenvalue weighted by atomic mass is 32.1. The maximum Gasteiger partial charge on any atom is 0.338 e. The number of nitrogens with zero attached hydrogens (tertiary/aromatic N) is 4. The number of carbonyl (C=O) groups is 1. The Morgan fingerprint density at radius 1 is 1.12 bits per heavy atom. The van der Waals surface area contributed by atoms with E-state index in [-0.39, 0.29) is 23.4 Å². The van der Waals surface area contributed by atoms with Gasteiger partial charge in [-0.05, 0) is 49.2 Å². The molecule has 216 valence electrons. The smallest absolute Gasteiger partial charge is 0.338 e. The number of benzene rings is 3. The molecule has 1 aliphatic rings. The van der Waals surface area contributed by atoms with Crippen LogP contribution in [0.5, 0.6) is 0 Å². The molecule has 0 amide bonds. The summed E-state index contributed by atoms with van der Waals surface area (Å²) in [4.78, 5) is 42.7. The first-order valence-electron chi connectivity index (χ1n) is 13.5. The number of ether oxygens (including phenoxy) is 1. The minimum Gasteiger partial charge on any atom is -0.463 e. The van der Waals surface area contributed by atoms with E-state index < -0.39 is 22.8 Å². The molecule has 1 aliphatic heterocycles. The minimum atomic E-state index is -0.832. The number of rotatable bonds is 7. The molecule has 0 spiro atoms. The Hall–Kier alpha value is -5.16. The van der Waals surface area contributed by atoms with Crippen LogP contribution in [0.15, 0.2) is 100 Å². The van der Waals surface area contributed by atoms with Crippen LogP contribution in [0.3, 0.4) is 0 Å². The Balaban J connectivity index is 1.48. The van der Waals surface area contributed by atoms with Crippen molar-refractivity contribution in [1.29, 1.82) is 0 Å². The third kappa shape index (κ3) is 5.19. The minimum absolute atomic E-state index is 0.0254. The monoisotopic (exact) mass is 596 g/mol. The molecule has 0 unspecified atom stereocenters. The SMILES string of the molecule is CCOC(=O)C1=C(C)N=c2s/c(=C\c3cn(Cc4ccc([N+](=O)[O-])cc4)c4ccccc34)c(=O)n2[C@H]1c1ccc(F)cc1. The van der Waals surface area contributed by atoms with Crippen LogP contribution in [-0.2, 0) is 16.1 Å². The van der Waals surface area contributed by atoms with Gasteiger partial charge in [0.05, 0.1) is 33.4 Å². The highest BCUT2D eigenvalue weighted by Crippen LogP contribution is 2.31. The van der Waals surface area contributed by atoms with E-state index in [9.17, 15) is 24.1 Å². The molecule has 5 aromatic rings. The average molecular weight is 597 g/mol. The van der Waals surface area contributed by atoms with E-state index in [0.29, 0.717) is 27.1 Å². The number of esters is 1. The number of allylic oxidation sites excluding steroid dienone is 1. The van der Waals surface area contributed by atoms with Crippen molar-refractivity contribution in [1.82, 2.24) is 9.13 Å². The molecule has 11 heteroatoms. The Kier molecular flexibility index (Phi) is 7.32. The van der Waals surface area contributed by atoms with E-state index in [0.717, 1.165) is 22.0 Å². The quantitative estimate of drug-likeness (QED) is 0.152. The highest BCUT2D eigenvalue weighted by molar-refractivity contribution is 7.07. The van der Waals surface area contributed by atoms with Crippen LogP contribution in [0.4, 0.5) is 10.1 Å². The molecular formula is C32H25FN4O5S. The van der Waals surface area contributed by atoms with E-state index >= 15 is 0 Å². The van der Waals surface area contributed by atoms with Gasteiger partial charge >= 0.3 is 5.97 Å². The average Bonchev–Trinajstić information content (AvgIpc) is 3.49. The standard InChI is InChI=1S/C32H25FN4O5S/c1-3-42-31(39)28-19(2)34-32-36(29(28)21-10-12-23(33)13-11-21)30(38)27(43-32)16-22-18-35(26-7-5-4-6-25(22)26)17-20-8-14-24(15-9-20)37(40)41/h4-16,18,29H,3,17H2,1-2H3/b27-16-/t29-/m0/s1. The Bertz CT molecular complexity index is 2110. The topological polar surface area (TPSA) is 109 Å². The van der Waals surface area contributed by atoms with Crippen LogP contribution in [-0.4, -0.2) is 26.6 Å². The molecule has 0 aliphatic carbocycles. The largest absolute Gasteiger partial charge is 0.463 e. The first-order chi connectivity index (χ1) is 20.7. The van der Waals surface area contributed by atoms with E-state index in [1.54, 1.807) is 38.1 Å². The maximum absolute atomic E-state index is 14.0. The number of carbonyl (C=O) groups excluding carboxylic acids is 1. The summed E-state index contributed by atoms with van der Waals surface area (Å²) in [5.41, 5.74) is 3.54. The van der Waals surface area contributed by atoms with Crippen LogP contribution in [0.1, 0.15) is 36.6 Å². The van der Waals surface area contributed by atoms with E-state index in [1.807, 2.05) is 41.1 Å². The number of halogens is 1. The van der Waals surface area contributed by atoms with Crippen molar-refractivity contribution in [3.8, 4) is 0 Å². The first kappa shape index (κ1) is 28.0. The summed E-state index contributed by atoms with van der Waals surface area (Å²) >= 11 is 1.21. The van der Waals surface area contributed by atoms with Gasteiger partial charge in [0.1, 0.15) is 5.82 Å². The Labute approximate surface area is 248 Å². The lowest BCUT2D eigenvalue weighted by Gasteiger charge is -2.24. The van der Waals surface area contributed by atoms with Crippen LogP contribution in [0.2, 0.25) is 0 Å². The summed E-state index contributed by atoms with van der Waals surface area (Å²) in [5, 5.41) is 12.0. The van der Waals surface area contributed by atoms with Gasteiger partial charge in [0.2, 0.25) is 0 Å². The van der Waals surface area contributed by atoms with Crippen molar-refractivity contribution in [2.75, 3.05) is 6.61 Å². The zero-order valence-corrected chi connectivity index (χ0v) is 24.0. The summed E-state index contributed by atoms with van der Waals surface area (Å²) in [5.74, 6) is -1.01. The van der Waals surface area contributed by atoms with Gasteiger partial charge in [0.15, 0.2) is 4.80 Å². The first-order valence-corrected chi connectivity index (χ1v) is 14.3. The summed E-state index contributed by atoms with van der Waals surface area (Å²) in [6.07, 6.45) is 3.75. The van der Waals surface area contributed by atoms with Gasteiger partial charge in [-0.25, -0.2) is 14.2 Å². The normalized spacial score (nSPS) is 15.0. The predicted octanol–water partition coefficient (Wildman–Crippen LogP) is 4.85. The zero-order chi connectivity index (χ0) is 30.2. The highest BCUT2D eigenvalue weighted by Gasteiger charge is 2.33. The van der Waals surface area contributed by atoms with Crippen molar-refractivity contribution in [3.05, 3.63) is 143 Å². The second kappa shape index (κ2) is 11.3. The van der Waals surface area contributed by atoms with Crippen LogP contribution in [0.25, 0.3) is 17.0 Å². The summed E-state index contributed by atoms with van der Waals surface area (Å²) in [6.45, 7) is 4.03. The van der Waals surface area contributed by atoms with Crippen molar-refractivity contribution in [2.24, 2.45) is 4.99 Å². The van der Waals surface area contributed by atoms with Gasteiger partial charge in [0, 0.05) is 41.3 Å². The lowest BCUT2D eigenvalue weighted by Crippen LogP contribution is -2.39. The summed E-state index contributed by atoms with van der Waals surface area (Å²) in [6, 6.07) is 19.1. The molecule has 1 atom stereocenters. The molecule has 0 bridgehead atoms. The second-order valence-corrected chi connectivity index (χ2v) is 11.0. The fraction of sp³-hybridized carbons (Fsp3) is 0.156. The molecule has 3 aromatic carbocycles. The number of aromatic nitrogens is 2. The van der Waals surface area contributed by atoms with Gasteiger partial charge in [-0.2, -0.15) is 0 Å². The number of fused-ring (bicyclic) bond motifs is 2.